The van der Waals surface area contributed by atoms with E-state index in [4.69, 9.17) is 5.73 Å². The van der Waals surface area contributed by atoms with Gasteiger partial charge in [-0.2, -0.15) is 0 Å². The molecule has 2 N–H and O–H groups in total. The molecular formula is C12H18N2S. The molecule has 0 bridgehead atoms. The fraction of sp³-hybridized carbons (Fsp3) is 0.500. The summed E-state index contributed by atoms with van der Waals surface area (Å²) in [6.07, 6.45) is 4.72. The molecule has 1 aliphatic rings. The Hall–Kier alpha value is -0.920. The van der Waals surface area contributed by atoms with E-state index in [0.29, 0.717) is 11.8 Å². The van der Waals surface area contributed by atoms with Crippen molar-refractivity contribution in [3.63, 3.8) is 0 Å². The zero-order valence-corrected chi connectivity index (χ0v) is 10.3. The van der Waals surface area contributed by atoms with E-state index >= 15 is 0 Å². The van der Waals surface area contributed by atoms with Crippen LogP contribution in [0.2, 0.25) is 0 Å². The number of hydrogen-bond acceptors (Lipinski definition) is 3. The van der Waals surface area contributed by atoms with Crippen LogP contribution >= 0.6 is 11.8 Å². The zero-order chi connectivity index (χ0) is 11.3. The molecule has 1 heterocycles. The lowest BCUT2D eigenvalue weighted by Crippen LogP contribution is -2.01. The van der Waals surface area contributed by atoms with Crippen molar-refractivity contribution in [1.82, 2.24) is 0 Å². The Morgan fingerprint density at radius 3 is 3.00 bits per heavy atom. The highest BCUT2D eigenvalue weighted by Crippen LogP contribution is 2.40. The highest BCUT2D eigenvalue weighted by molar-refractivity contribution is 8.06. The van der Waals surface area contributed by atoms with Gasteiger partial charge in [0.1, 0.15) is 0 Å². The van der Waals surface area contributed by atoms with Gasteiger partial charge in [0.05, 0.1) is 11.9 Å². The van der Waals surface area contributed by atoms with Gasteiger partial charge in [0.2, 0.25) is 0 Å². The van der Waals surface area contributed by atoms with E-state index in [0.717, 1.165) is 12.1 Å². The minimum atomic E-state index is 0.411. The molecule has 2 nitrogen and oxygen atoms in total. The van der Waals surface area contributed by atoms with Crippen molar-refractivity contribution < 1.29 is 0 Å². The summed E-state index contributed by atoms with van der Waals surface area (Å²) < 4.78 is 0. The Bertz CT molecular complexity index is 334. The van der Waals surface area contributed by atoms with Crippen molar-refractivity contribution >= 4 is 17.6 Å². The van der Waals surface area contributed by atoms with Crippen LogP contribution in [0.25, 0.3) is 0 Å². The molecule has 0 aromatic carbocycles. The Morgan fingerprint density at radius 1 is 1.73 bits per heavy atom. The first-order chi connectivity index (χ1) is 7.20. The smallest absolute Gasteiger partial charge is 0.0633 e. The van der Waals surface area contributed by atoms with E-state index < -0.39 is 0 Å². The fourth-order valence-electron chi connectivity index (χ4n) is 1.53. The predicted octanol–water partition coefficient (Wildman–Crippen LogP) is 3.28. The third-order valence-corrected chi connectivity index (χ3v) is 3.40. The van der Waals surface area contributed by atoms with E-state index in [-0.39, 0.29) is 0 Å². The van der Waals surface area contributed by atoms with Gasteiger partial charge in [-0.1, -0.05) is 26.8 Å². The van der Waals surface area contributed by atoms with Gasteiger partial charge in [-0.15, -0.1) is 11.8 Å². The van der Waals surface area contributed by atoms with Crippen LogP contribution in [0.5, 0.6) is 0 Å². The van der Waals surface area contributed by atoms with E-state index in [1.54, 1.807) is 11.8 Å². The summed E-state index contributed by atoms with van der Waals surface area (Å²) in [6, 6.07) is 0. The summed E-state index contributed by atoms with van der Waals surface area (Å²) in [7, 11) is 0. The molecule has 0 aliphatic carbocycles. The first-order valence-electron chi connectivity index (χ1n) is 5.27. The van der Waals surface area contributed by atoms with E-state index in [1.165, 1.54) is 11.1 Å². The first kappa shape index (κ1) is 12.2. The zero-order valence-electron chi connectivity index (χ0n) is 9.53. The molecule has 1 aliphatic heterocycles. The fourth-order valence-corrected chi connectivity index (χ4v) is 2.77. The lowest BCUT2D eigenvalue weighted by Gasteiger charge is -2.13. The monoisotopic (exact) mass is 222 g/mol. The maximum Gasteiger partial charge on any atom is 0.0633 e. The van der Waals surface area contributed by atoms with Crippen LogP contribution < -0.4 is 5.73 Å². The summed E-state index contributed by atoms with van der Waals surface area (Å²) in [6.45, 7) is 6.49. The molecule has 1 unspecified atom stereocenters. The predicted molar refractivity (Wildman–Crippen MR) is 68.6 cm³/mol. The average Bonchev–Trinajstić information content (AvgIpc) is 2.66. The Labute approximate surface area is 96.0 Å². The Morgan fingerprint density at radius 2 is 2.47 bits per heavy atom. The van der Waals surface area contributed by atoms with Gasteiger partial charge in [-0.25, -0.2) is 4.99 Å². The van der Waals surface area contributed by atoms with E-state index in [2.05, 4.69) is 43.1 Å². The molecule has 3 heteroatoms. The summed E-state index contributed by atoms with van der Waals surface area (Å²) in [5, 5.41) is 2.15. The molecule has 15 heavy (non-hydrogen) atoms. The van der Waals surface area contributed by atoms with Gasteiger partial charge in [0.25, 0.3) is 0 Å². The second kappa shape index (κ2) is 5.84. The normalized spacial score (nSPS) is 22.8. The molecule has 0 spiro atoms. The molecule has 0 saturated carbocycles. The number of thioether (sulfide) groups is 1. The number of nitrogens with zero attached hydrogens (tertiary/aromatic N) is 1. The van der Waals surface area contributed by atoms with Crippen LogP contribution in [-0.4, -0.2) is 5.87 Å². The highest BCUT2D eigenvalue weighted by atomic mass is 32.2. The molecule has 0 aromatic heterocycles. The molecule has 0 radical (unpaired) electrons. The van der Waals surface area contributed by atoms with Crippen molar-refractivity contribution in [2.45, 2.75) is 27.2 Å². The van der Waals surface area contributed by atoms with Crippen LogP contribution in [-0.2, 0) is 0 Å². The Balaban J connectivity index is 3.05. The van der Waals surface area contributed by atoms with Crippen LogP contribution in [0.4, 0.5) is 0 Å². The molecular weight excluding hydrogens is 204 g/mol. The number of allylic oxidation sites excluding steroid dienone is 3. The standard InChI is InChI=1S/C12H18N2S/c1-4-10-5-8-15-12(10)11(9(2)3)14-7-6-13/h5-6,8-10H,4,13H2,1-3H3/b12-11+. The van der Waals surface area contributed by atoms with Crippen molar-refractivity contribution in [3.05, 3.63) is 28.3 Å². The number of hydrogen-bond donors (Lipinski definition) is 1. The Kier molecular flexibility index (Phi) is 4.73. The van der Waals surface area contributed by atoms with Gasteiger partial charge in [-0.05, 0) is 17.7 Å². The minimum Gasteiger partial charge on any atom is -0.397 e. The first-order valence-corrected chi connectivity index (χ1v) is 6.15. The van der Waals surface area contributed by atoms with Crippen LogP contribution in [0, 0.1) is 11.8 Å². The molecule has 0 aromatic rings. The molecule has 0 saturated heterocycles. The second-order valence-electron chi connectivity index (χ2n) is 3.77. The van der Waals surface area contributed by atoms with Crippen LogP contribution in [0.1, 0.15) is 27.2 Å². The highest BCUT2D eigenvalue weighted by Gasteiger charge is 2.20. The van der Waals surface area contributed by atoms with Gasteiger partial charge in [0, 0.05) is 16.7 Å². The minimum absolute atomic E-state index is 0.411. The summed E-state index contributed by atoms with van der Waals surface area (Å²) in [4.78, 5) is 5.66. The van der Waals surface area contributed by atoms with Crippen molar-refractivity contribution in [2.75, 3.05) is 0 Å². The van der Waals surface area contributed by atoms with Crippen LogP contribution in [0.3, 0.4) is 0 Å². The maximum absolute atomic E-state index is 5.27. The van der Waals surface area contributed by atoms with Crippen molar-refractivity contribution in [3.8, 4) is 0 Å². The summed E-state index contributed by atoms with van der Waals surface area (Å²) >= 11 is 1.77. The number of aliphatic imine (C=N–C) groups is 1. The van der Waals surface area contributed by atoms with E-state index in [9.17, 15) is 0 Å². The lowest BCUT2D eigenvalue weighted by molar-refractivity contribution is 0.704. The van der Waals surface area contributed by atoms with Crippen molar-refractivity contribution in [1.29, 1.82) is 0 Å². The second-order valence-corrected chi connectivity index (χ2v) is 4.72. The molecule has 0 amide bonds. The molecule has 82 valence electrons. The lowest BCUT2D eigenvalue weighted by atomic mass is 10.0. The summed E-state index contributed by atoms with van der Waals surface area (Å²) in [5.41, 5.74) is 6.38. The third-order valence-electron chi connectivity index (χ3n) is 2.34. The quantitative estimate of drug-likeness (QED) is 0.744. The number of nitrogens with two attached hydrogens (primary N) is 1. The maximum atomic E-state index is 5.27. The van der Waals surface area contributed by atoms with Crippen molar-refractivity contribution in [2.24, 2.45) is 22.6 Å². The number of rotatable bonds is 3. The van der Waals surface area contributed by atoms with Gasteiger partial charge >= 0.3 is 0 Å². The molecule has 1 rings (SSSR count). The topological polar surface area (TPSA) is 38.4 Å². The molecule has 1 atom stereocenters. The van der Waals surface area contributed by atoms with Gasteiger partial charge in [-0.3, -0.25) is 0 Å². The van der Waals surface area contributed by atoms with E-state index in [1.807, 2.05) is 0 Å². The largest absolute Gasteiger partial charge is 0.397 e. The molecule has 0 fully saturated rings. The van der Waals surface area contributed by atoms with Gasteiger partial charge < -0.3 is 5.73 Å². The third kappa shape index (κ3) is 3.01. The SMILES string of the molecule is CCC1C=CS/C1=C(/N=C=CN)C(C)C. The summed E-state index contributed by atoms with van der Waals surface area (Å²) in [5.74, 6) is 3.66. The van der Waals surface area contributed by atoms with Crippen LogP contribution in [0.15, 0.2) is 33.3 Å². The average molecular weight is 222 g/mol. The van der Waals surface area contributed by atoms with Gasteiger partial charge in [0.15, 0.2) is 0 Å².